The molecule has 0 bridgehead atoms. The SMILES string of the molecule is Cc1[nH]nc2c(NC3CCN(C)CC3)ncnc12. The molecule has 0 unspecified atom stereocenters. The predicted molar refractivity (Wildman–Crippen MR) is 70.6 cm³/mol. The quantitative estimate of drug-likeness (QED) is 0.832. The summed E-state index contributed by atoms with van der Waals surface area (Å²) in [6.07, 6.45) is 3.89. The summed E-state index contributed by atoms with van der Waals surface area (Å²) in [5.41, 5.74) is 2.73. The van der Waals surface area contributed by atoms with E-state index >= 15 is 0 Å². The number of nitrogens with one attached hydrogen (secondary N) is 2. The van der Waals surface area contributed by atoms with Gasteiger partial charge < -0.3 is 10.2 Å². The molecule has 0 saturated carbocycles. The zero-order chi connectivity index (χ0) is 12.5. The number of likely N-dealkylation sites (tertiary alicyclic amines) is 1. The maximum atomic E-state index is 4.32. The van der Waals surface area contributed by atoms with Gasteiger partial charge in [0.2, 0.25) is 0 Å². The Hall–Kier alpha value is -1.69. The van der Waals surface area contributed by atoms with E-state index in [1.54, 1.807) is 6.33 Å². The van der Waals surface area contributed by atoms with E-state index < -0.39 is 0 Å². The summed E-state index contributed by atoms with van der Waals surface area (Å²) in [6, 6.07) is 0.483. The van der Waals surface area contributed by atoms with Crippen LogP contribution in [0.1, 0.15) is 18.5 Å². The van der Waals surface area contributed by atoms with Crippen molar-refractivity contribution in [3.63, 3.8) is 0 Å². The van der Waals surface area contributed by atoms with Crippen molar-refractivity contribution in [2.45, 2.75) is 25.8 Å². The van der Waals surface area contributed by atoms with Crippen LogP contribution in [0.4, 0.5) is 5.82 Å². The Kier molecular flexibility index (Phi) is 2.87. The van der Waals surface area contributed by atoms with Crippen LogP contribution in [-0.2, 0) is 0 Å². The highest BCUT2D eigenvalue weighted by Crippen LogP contribution is 2.21. The largest absolute Gasteiger partial charge is 0.365 e. The van der Waals surface area contributed by atoms with Crippen LogP contribution in [0.5, 0.6) is 0 Å². The van der Waals surface area contributed by atoms with E-state index in [4.69, 9.17) is 0 Å². The molecule has 1 aliphatic heterocycles. The summed E-state index contributed by atoms with van der Waals surface area (Å²) in [6.45, 7) is 4.23. The van der Waals surface area contributed by atoms with Gasteiger partial charge in [-0.25, -0.2) is 9.97 Å². The molecule has 2 aromatic rings. The number of fused-ring (bicyclic) bond motifs is 1. The van der Waals surface area contributed by atoms with Gasteiger partial charge in [0.15, 0.2) is 11.3 Å². The second-order valence-electron chi connectivity index (χ2n) is 4.99. The Morgan fingerprint density at radius 1 is 1.28 bits per heavy atom. The second-order valence-corrected chi connectivity index (χ2v) is 4.99. The predicted octanol–water partition coefficient (Wildman–Crippen LogP) is 1.17. The molecule has 0 aromatic carbocycles. The number of hydrogen-bond acceptors (Lipinski definition) is 5. The first kappa shape index (κ1) is 11.4. The molecule has 1 saturated heterocycles. The van der Waals surface area contributed by atoms with Crippen molar-refractivity contribution in [1.29, 1.82) is 0 Å². The lowest BCUT2D eigenvalue weighted by Gasteiger charge is -2.29. The molecule has 18 heavy (non-hydrogen) atoms. The van der Waals surface area contributed by atoms with Gasteiger partial charge in [-0.3, -0.25) is 5.10 Å². The van der Waals surface area contributed by atoms with Crippen molar-refractivity contribution < 1.29 is 0 Å². The Morgan fingerprint density at radius 2 is 2.06 bits per heavy atom. The van der Waals surface area contributed by atoms with Crippen molar-refractivity contribution >= 4 is 16.9 Å². The number of aryl methyl sites for hydroxylation is 1. The molecule has 2 aromatic heterocycles. The molecule has 0 spiro atoms. The number of rotatable bonds is 2. The Balaban J connectivity index is 1.82. The molecule has 96 valence electrons. The maximum Gasteiger partial charge on any atom is 0.158 e. The van der Waals surface area contributed by atoms with Crippen molar-refractivity contribution in [2.75, 3.05) is 25.5 Å². The Labute approximate surface area is 106 Å². The van der Waals surface area contributed by atoms with Gasteiger partial charge in [-0.1, -0.05) is 0 Å². The summed E-state index contributed by atoms with van der Waals surface area (Å²) in [7, 11) is 2.16. The molecule has 0 aliphatic carbocycles. The van der Waals surface area contributed by atoms with Crippen LogP contribution < -0.4 is 5.32 Å². The molecule has 1 aliphatic rings. The van der Waals surface area contributed by atoms with E-state index in [9.17, 15) is 0 Å². The monoisotopic (exact) mass is 246 g/mol. The minimum atomic E-state index is 0.483. The van der Waals surface area contributed by atoms with Crippen LogP contribution >= 0.6 is 0 Å². The first-order chi connectivity index (χ1) is 8.74. The summed E-state index contributed by atoms with van der Waals surface area (Å²) in [4.78, 5) is 10.9. The van der Waals surface area contributed by atoms with Gasteiger partial charge in [-0.05, 0) is 39.9 Å². The van der Waals surface area contributed by atoms with E-state index in [1.165, 1.54) is 0 Å². The lowest BCUT2D eigenvalue weighted by Crippen LogP contribution is -2.36. The number of piperidine rings is 1. The van der Waals surface area contributed by atoms with E-state index in [2.05, 4.69) is 37.4 Å². The normalized spacial score (nSPS) is 18.3. The number of hydrogen-bond donors (Lipinski definition) is 2. The lowest BCUT2D eigenvalue weighted by atomic mass is 10.1. The van der Waals surface area contributed by atoms with Crippen LogP contribution in [-0.4, -0.2) is 51.2 Å². The summed E-state index contributed by atoms with van der Waals surface area (Å²) >= 11 is 0. The number of aromatic nitrogens is 4. The van der Waals surface area contributed by atoms with E-state index in [1.807, 2.05) is 6.92 Å². The fraction of sp³-hybridized carbons (Fsp3) is 0.583. The summed E-state index contributed by atoms with van der Waals surface area (Å²) in [5.74, 6) is 0.846. The highest BCUT2D eigenvalue weighted by atomic mass is 15.2. The van der Waals surface area contributed by atoms with Gasteiger partial charge in [-0.2, -0.15) is 5.10 Å². The first-order valence-electron chi connectivity index (χ1n) is 6.35. The lowest BCUT2D eigenvalue weighted by molar-refractivity contribution is 0.263. The number of H-pyrrole nitrogens is 1. The van der Waals surface area contributed by atoms with E-state index in [0.717, 1.165) is 48.5 Å². The van der Waals surface area contributed by atoms with Gasteiger partial charge in [0.25, 0.3) is 0 Å². The smallest absolute Gasteiger partial charge is 0.158 e. The van der Waals surface area contributed by atoms with Gasteiger partial charge in [-0.15, -0.1) is 0 Å². The zero-order valence-electron chi connectivity index (χ0n) is 10.8. The van der Waals surface area contributed by atoms with Crippen molar-refractivity contribution in [2.24, 2.45) is 0 Å². The van der Waals surface area contributed by atoms with Gasteiger partial charge in [0, 0.05) is 6.04 Å². The molecule has 3 heterocycles. The van der Waals surface area contributed by atoms with Gasteiger partial charge in [0.05, 0.1) is 5.69 Å². The van der Waals surface area contributed by atoms with E-state index in [-0.39, 0.29) is 0 Å². The van der Waals surface area contributed by atoms with Crippen molar-refractivity contribution in [3.8, 4) is 0 Å². The molecule has 3 rings (SSSR count). The first-order valence-corrected chi connectivity index (χ1v) is 6.35. The average Bonchev–Trinajstić information content (AvgIpc) is 2.76. The van der Waals surface area contributed by atoms with Crippen LogP contribution in [0.25, 0.3) is 11.0 Å². The number of nitrogens with zero attached hydrogens (tertiary/aromatic N) is 4. The Bertz CT molecular complexity index is 540. The standard InChI is InChI=1S/C12H18N6/c1-8-10-11(17-16-8)12(14-7-13-10)15-9-3-5-18(2)6-4-9/h7,9H,3-6H2,1-2H3,(H,16,17)(H,13,14,15). The highest BCUT2D eigenvalue weighted by Gasteiger charge is 2.18. The minimum absolute atomic E-state index is 0.483. The molecular weight excluding hydrogens is 228 g/mol. The highest BCUT2D eigenvalue weighted by molar-refractivity contribution is 5.86. The fourth-order valence-corrected chi connectivity index (χ4v) is 2.40. The van der Waals surface area contributed by atoms with Crippen LogP contribution in [0, 0.1) is 6.92 Å². The second kappa shape index (κ2) is 4.53. The van der Waals surface area contributed by atoms with Crippen LogP contribution in [0.3, 0.4) is 0 Å². The molecule has 2 N–H and O–H groups in total. The third-order valence-corrected chi connectivity index (χ3v) is 3.57. The van der Waals surface area contributed by atoms with Crippen LogP contribution in [0.2, 0.25) is 0 Å². The summed E-state index contributed by atoms with van der Waals surface area (Å²) in [5, 5.41) is 10.7. The van der Waals surface area contributed by atoms with E-state index in [0.29, 0.717) is 6.04 Å². The Morgan fingerprint density at radius 3 is 2.83 bits per heavy atom. The molecule has 6 nitrogen and oxygen atoms in total. The molecule has 1 fully saturated rings. The topological polar surface area (TPSA) is 69.7 Å². The maximum absolute atomic E-state index is 4.32. The molecule has 0 amide bonds. The van der Waals surface area contributed by atoms with Crippen molar-refractivity contribution in [1.82, 2.24) is 25.1 Å². The van der Waals surface area contributed by atoms with Gasteiger partial charge >= 0.3 is 0 Å². The number of anilines is 1. The van der Waals surface area contributed by atoms with Gasteiger partial charge in [0.1, 0.15) is 11.8 Å². The third kappa shape index (κ3) is 2.03. The van der Waals surface area contributed by atoms with Crippen molar-refractivity contribution in [3.05, 3.63) is 12.0 Å². The minimum Gasteiger partial charge on any atom is -0.365 e. The molecule has 0 radical (unpaired) electrons. The third-order valence-electron chi connectivity index (χ3n) is 3.57. The fourth-order valence-electron chi connectivity index (χ4n) is 2.40. The van der Waals surface area contributed by atoms with Crippen LogP contribution in [0.15, 0.2) is 6.33 Å². The average molecular weight is 246 g/mol. The molecular formula is C12H18N6. The number of aromatic amines is 1. The molecule has 0 atom stereocenters. The summed E-state index contributed by atoms with van der Waals surface area (Å²) < 4.78 is 0. The zero-order valence-corrected chi connectivity index (χ0v) is 10.8. The molecule has 6 heteroatoms.